The van der Waals surface area contributed by atoms with Crippen molar-refractivity contribution in [3.8, 4) is 0 Å². The highest BCUT2D eigenvalue weighted by atomic mass is 19.1. The van der Waals surface area contributed by atoms with Crippen molar-refractivity contribution < 1.29 is 37.5 Å². The van der Waals surface area contributed by atoms with Crippen LogP contribution in [0.25, 0.3) is 0 Å². The Morgan fingerprint density at radius 1 is 1.00 bits per heavy atom. The Bertz CT molecular complexity index is 1400. The van der Waals surface area contributed by atoms with Gasteiger partial charge in [0.25, 0.3) is 0 Å². The minimum absolute atomic E-state index is 0.0490. The number of pyridine rings is 1. The third kappa shape index (κ3) is 4.90. The van der Waals surface area contributed by atoms with Gasteiger partial charge in [0.2, 0.25) is 11.8 Å². The molecule has 3 unspecified atom stereocenters. The van der Waals surface area contributed by atoms with E-state index in [-0.39, 0.29) is 64.3 Å². The fraction of sp³-hybridized carbons (Fsp3) is 0.464. The Morgan fingerprint density at radius 3 is 2.27 bits per heavy atom. The molecule has 9 nitrogen and oxygen atoms in total. The zero-order valence-corrected chi connectivity index (χ0v) is 22.2. The molecule has 1 saturated carbocycles. The van der Waals surface area contributed by atoms with E-state index in [1.165, 1.54) is 4.90 Å². The van der Waals surface area contributed by atoms with Crippen molar-refractivity contribution >= 4 is 40.9 Å². The van der Waals surface area contributed by atoms with Gasteiger partial charge in [-0.2, -0.15) is 0 Å². The number of carboxylic acids is 1. The fourth-order valence-corrected chi connectivity index (χ4v) is 5.80. The quantitative estimate of drug-likeness (QED) is 0.496. The van der Waals surface area contributed by atoms with E-state index in [1.54, 1.807) is 25.7 Å². The molecule has 3 heterocycles. The Kier molecular flexibility index (Phi) is 7.05. The smallest absolute Gasteiger partial charge is 0.316 e. The predicted octanol–water partition coefficient (Wildman–Crippen LogP) is 3.54. The van der Waals surface area contributed by atoms with E-state index in [9.17, 15) is 33.1 Å². The van der Waals surface area contributed by atoms with Crippen LogP contribution in [0.2, 0.25) is 0 Å². The number of nitrogens with one attached hydrogen (secondary N) is 1. The van der Waals surface area contributed by atoms with Crippen LogP contribution in [0.4, 0.5) is 30.5 Å². The van der Waals surface area contributed by atoms with Crippen molar-refractivity contribution in [2.24, 2.45) is 35.5 Å². The van der Waals surface area contributed by atoms with Crippen molar-refractivity contribution in [2.75, 3.05) is 29.4 Å². The minimum atomic E-state index is -1.58. The maximum Gasteiger partial charge on any atom is 0.316 e. The molecule has 0 bridgehead atoms. The summed E-state index contributed by atoms with van der Waals surface area (Å²) < 4.78 is 43.6. The molecule has 2 N–H and O–H groups in total. The van der Waals surface area contributed by atoms with Gasteiger partial charge in [-0.1, -0.05) is 20.8 Å². The third-order valence-corrected chi connectivity index (χ3v) is 8.15. The number of aromatic nitrogens is 1. The van der Waals surface area contributed by atoms with Gasteiger partial charge in [0.15, 0.2) is 17.4 Å². The monoisotopic (exact) mass is 558 g/mol. The average Bonchev–Trinajstić information content (AvgIpc) is 3.31. The van der Waals surface area contributed by atoms with Gasteiger partial charge in [-0.25, -0.2) is 18.2 Å². The lowest BCUT2D eigenvalue weighted by molar-refractivity contribution is -0.140. The lowest BCUT2D eigenvalue weighted by atomic mass is 9.92. The zero-order chi connectivity index (χ0) is 29.0. The van der Waals surface area contributed by atoms with Gasteiger partial charge in [0.1, 0.15) is 23.4 Å². The molecule has 2 amide bonds. The van der Waals surface area contributed by atoms with Gasteiger partial charge < -0.3 is 14.9 Å². The highest BCUT2D eigenvalue weighted by Gasteiger charge is 2.56. The summed E-state index contributed by atoms with van der Waals surface area (Å²) in [5.41, 5.74) is -0.472. The number of carbonyl (C=O) groups excluding carboxylic acids is 3. The van der Waals surface area contributed by atoms with Crippen LogP contribution in [0.5, 0.6) is 0 Å². The van der Waals surface area contributed by atoms with Crippen molar-refractivity contribution in [3.05, 3.63) is 47.3 Å². The number of Topliss-reactive ketones (excluding diaryl/α,β-unsaturated/α-hetero) is 1. The molecule has 3 aliphatic rings. The van der Waals surface area contributed by atoms with Crippen molar-refractivity contribution in [3.63, 3.8) is 0 Å². The van der Waals surface area contributed by atoms with E-state index in [4.69, 9.17) is 0 Å². The number of hydrogen-bond acceptors (Lipinski definition) is 7. The van der Waals surface area contributed by atoms with Gasteiger partial charge in [-0.05, 0) is 42.4 Å². The molecule has 1 aromatic carbocycles. The first-order valence-corrected chi connectivity index (χ1v) is 13.2. The second-order valence-electron chi connectivity index (χ2n) is 11.2. The Labute approximate surface area is 228 Å². The number of carboxylic acid groups (broad SMARTS) is 1. The lowest BCUT2D eigenvalue weighted by Gasteiger charge is -2.34. The molecule has 5 atom stereocenters. The number of imide groups is 1. The number of ketones is 1. The highest BCUT2D eigenvalue weighted by Crippen LogP contribution is 2.55. The number of fused-ring (bicyclic) bond motifs is 2. The summed E-state index contributed by atoms with van der Waals surface area (Å²) in [6.07, 6.45) is 0.586. The maximum atomic E-state index is 15.3. The number of nitrogens with zero attached hydrogens (tertiary/aromatic N) is 3. The van der Waals surface area contributed by atoms with Crippen LogP contribution in [0, 0.1) is 53.0 Å². The summed E-state index contributed by atoms with van der Waals surface area (Å²) in [7, 11) is 0. The first kappa shape index (κ1) is 27.6. The van der Waals surface area contributed by atoms with E-state index in [2.05, 4.69) is 10.3 Å². The number of carbonyl (C=O) groups is 4. The molecule has 12 heteroatoms. The van der Waals surface area contributed by atoms with E-state index in [1.807, 2.05) is 0 Å². The molecule has 0 spiro atoms. The summed E-state index contributed by atoms with van der Waals surface area (Å²) in [5.74, 6) is -7.33. The number of aliphatic carboxylic acids is 1. The van der Waals surface area contributed by atoms with Crippen LogP contribution in [0.1, 0.15) is 37.6 Å². The van der Waals surface area contributed by atoms with Gasteiger partial charge in [0, 0.05) is 37.5 Å². The van der Waals surface area contributed by atoms with Crippen molar-refractivity contribution in [1.29, 1.82) is 0 Å². The first-order valence-electron chi connectivity index (χ1n) is 13.2. The van der Waals surface area contributed by atoms with E-state index in [0.717, 1.165) is 18.2 Å². The Morgan fingerprint density at radius 2 is 1.68 bits per heavy atom. The van der Waals surface area contributed by atoms with Gasteiger partial charge in [-0.3, -0.25) is 24.5 Å². The third-order valence-electron chi connectivity index (χ3n) is 8.15. The first-order chi connectivity index (χ1) is 18.9. The molecule has 1 saturated heterocycles. The SMILES string of the molecule is CC(C)C(=O)NC(=O)C(C)CC1[C@H]2CN(c3nc4c(cc3F)C(=O)C(C(=O)O)CN4c3ccc(F)cc3F)C[C@@H]12. The number of halogens is 3. The number of amides is 2. The van der Waals surface area contributed by atoms with Gasteiger partial charge >= 0.3 is 5.97 Å². The second-order valence-corrected chi connectivity index (χ2v) is 11.2. The summed E-state index contributed by atoms with van der Waals surface area (Å²) in [6.45, 7) is 5.63. The Balaban J connectivity index is 1.35. The molecule has 40 heavy (non-hydrogen) atoms. The average molecular weight is 559 g/mol. The molecule has 5 rings (SSSR count). The van der Waals surface area contributed by atoms with E-state index in [0.29, 0.717) is 25.6 Å². The summed E-state index contributed by atoms with van der Waals surface area (Å²) >= 11 is 0. The summed E-state index contributed by atoms with van der Waals surface area (Å²) in [6, 6.07) is 3.70. The maximum absolute atomic E-state index is 15.3. The van der Waals surface area contributed by atoms with Crippen LogP contribution in [-0.4, -0.2) is 53.3 Å². The number of benzene rings is 1. The molecule has 212 valence electrons. The van der Waals surface area contributed by atoms with Crippen LogP contribution in [-0.2, 0) is 14.4 Å². The summed E-state index contributed by atoms with van der Waals surface area (Å²) in [4.78, 5) is 56.1. The van der Waals surface area contributed by atoms with Crippen LogP contribution >= 0.6 is 0 Å². The molecule has 1 aromatic heterocycles. The molecule has 2 aromatic rings. The number of rotatable bonds is 7. The van der Waals surface area contributed by atoms with E-state index >= 15 is 4.39 Å². The van der Waals surface area contributed by atoms with Crippen LogP contribution in [0.3, 0.4) is 0 Å². The number of hydrogen-bond donors (Lipinski definition) is 2. The van der Waals surface area contributed by atoms with Crippen molar-refractivity contribution in [1.82, 2.24) is 10.3 Å². The molecule has 2 fully saturated rings. The molecular weight excluding hydrogens is 529 g/mol. The van der Waals surface area contributed by atoms with Gasteiger partial charge in [-0.15, -0.1) is 0 Å². The number of piperidine rings is 1. The van der Waals surface area contributed by atoms with Crippen LogP contribution in [0.15, 0.2) is 24.3 Å². The highest BCUT2D eigenvalue weighted by molar-refractivity contribution is 6.13. The second kappa shape index (κ2) is 10.2. The standard InChI is InChI=1S/C28H29F3N4O5/c1-12(2)26(37)33-27(38)13(3)6-15-17-9-34(10-18(15)17)25-21(31)8-16-23(36)19(28(39)40)11-35(24(16)32-25)22-5-4-14(29)7-20(22)30/h4-5,7-8,12-13,15,17-19H,6,9-11H2,1-3H3,(H,39,40)(H,33,37,38)/t13?,15?,17-,18+,19?. The van der Waals surface area contributed by atoms with Crippen LogP contribution < -0.4 is 15.1 Å². The topological polar surface area (TPSA) is 120 Å². The fourth-order valence-electron chi connectivity index (χ4n) is 5.80. The largest absolute Gasteiger partial charge is 0.481 e. The summed E-state index contributed by atoms with van der Waals surface area (Å²) in [5, 5.41) is 12.0. The predicted molar refractivity (Wildman–Crippen MR) is 137 cm³/mol. The number of anilines is 3. The minimum Gasteiger partial charge on any atom is -0.481 e. The van der Waals surface area contributed by atoms with E-state index < -0.39 is 41.7 Å². The van der Waals surface area contributed by atoms with Gasteiger partial charge in [0.05, 0.1) is 11.3 Å². The zero-order valence-electron chi connectivity index (χ0n) is 22.2. The molecule has 1 aliphatic carbocycles. The normalized spacial score (nSPS) is 24.0. The molecular formula is C28H29F3N4O5. The molecule has 2 aliphatic heterocycles. The Hall–Kier alpha value is -3.96. The molecule has 0 radical (unpaired) electrons. The lowest BCUT2D eigenvalue weighted by Crippen LogP contribution is -2.42. The van der Waals surface area contributed by atoms with Crippen molar-refractivity contribution in [2.45, 2.75) is 27.2 Å².